The molecule has 3 atom stereocenters. The lowest BCUT2D eigenvalue weighted by molar-refractivity contribution is -0.137. The first-order valence-corrected chi connectivity index (χ1v) is 10.7. The molecule has 1 N–H and O–H groups in total. The van der Waals surface area contributed by atoms with Crippen LogP contribution in [0.2, 0.25) is 0 Å². The molecule has 2 aliphatic rings. The smallest absolute Gasteiger partial charge is 0.226 e. The molecule has 2 aromatic rings. The summed E-state index contributed by atoms with van der Waals surface area (Å²) in [4.78, 5) is 17.6. The Kier molecular flexibility index (Phi) is 6.44. The summed E-state index contributed by atoms with van der Waals surface area (Å²) >= 11 is 0. The van der Waals surface area contributed by atoms with E-state index in [0.717, 1.165) is 38.2 Å². The predicted octanol–water partition coefficient (Wildman–Crippen LogP) is 3.39. The van der Waals surface area contributed by atoms with Gasteiger partial charge in [-0.1, -0.05) is 30.3 Å². The molecular formula is C24H29F2N3O. The Labute approximate surface area is 176 Å². The van der Waals surface area contributed by atoms with Gasteiger partial charge in [-0.3, -0.25) is 4.79 Å². The van der Waals surface area contributed by atoms with Crippen molar-refractivity contribution in [3.63, 3.8) is 0 Å². The quantitative estimate of drug-likeness (QED) is 0.816. The minimum atomic E-state index is -0.270. The third-order valence-electron chi connectivity index (χ3n) is 6.53. The number of hydrogen-bond acceptors (Lipinski definition) is 3. The predicted molar refractivity (Wildman–Crippen MR) is 113 cm³/mol. The van der Waals surface area contributed by atoms with E-state index in [9.17, 15) is 13.6 Å². The van der Waals surface area contributed by atoms with Gasteiger partial charge in [0, 0.05) is 50.2 Å². The van der Waals surface area contributed by atoms with Gasteiger partial charge >= 0.3 is 0 Å². The molecule has 2 fully saturated rings. The molecule has 1 saturated heterocycles. The Morgan fingerprint density at radius 2 is 1.70 bits per heavy atom. The topological polar surface area (TPSA) is 35.6 Å². The van der Waals surface area contributed by atoms with E-state index < -0.39 is 0 Å². The fraction of sp³-hybridized carbons (Fsp3) is 0.458. The number of rotatable bonds is 5. The van der Waals surface area contributed by atoms with Gasteiger partial charge in [-0.15, -0.1) is 0 Å². The lowest BCUT2D eigenvalue weighted by atomic mass is 9.87. The van der Waals surface area contributed by atoms with E-state index in [2.05, 4.69) is 17.3 Å². The molecule has 4 nitrogen and oxygen atoms in total. The third kappa shape index (κ3) is 4.71. The summed E-state index contributed by atoms with van der Waals surface area (Å²) in [6.07, 6.45) is 1.49. The largest absolute Gasteiger partial charge is 0.340 e. The summed E-state index contributed by atoms with van der Waals surface area (Å²) in [5.41, 5.74) is 1.63. The van der Waals surface area contributed by atoms with E-state index in [1.807, 2.05) is 11.0 Å². The van der Waals surface area contributed by atoms with Gasteiger partial charge in [-0.25, -0.2) is 8.78 Å². The summed E-state index contributed by atoms with van der Waals surface area (Å²) in [7, 11) is 2.07. The first kappa shape index (κ1) is 20.9. The number of nitrogens with one attached hydrogen (secondary N) is 1. The second-order valence-corrected chi connectivity index (χ2v) is 8.53. The highest BCUT2D eigenvalue weighted by Crippen LogP contribution is 2.41. The van der Waals surface area contributed by atoms with Crippen molar-refractivity contribution < 1.29 is 13.6 Å². The van der Waals surface area contributed by atoms with Crippen molar-refractivity contribution in [2.75, 3.05) is 33.2 Å². The normalized spacial score (nSPS) is 24.9. The summed E-state index contributed by atoms with van der Waals surface area (Å²) in [5.74, 6) is -0.406. The molecule has 6 heteroatoms. The van der Waals surface area contributed by atoms with Gasteiger partial charge in [0.25, 0.3) is 0 Å². The zero-order valence-corrected chi connectivity index (χ0v) is 17.4. The highest BCUT2D eigenvalue weighted by Gasteiger charge is 2.41. The molecule has 0 bridgehead atoms. The summed E-state index contributed by atoms with van der Waals surface area (Å²) < 4.78 is 27.4. The average Bonchev–Trinajstić information content (AvgIpc) is 3.18. The Morgan fingerprint density at radius 3 is 2.40 bits per heavy atom. The fourth-order valence-corrected chi connectivity index (χ4v) is 4.71. The van der Waals surface area contributed by atoms with Crippen molar-refractivity contribution in [2.24, 2.45) is 5.92 Å². The zero-order chi connectivity index (χ0) is 21.1. The van der Waals surface area contributed by atoms with Crippen LogP contribution in [0.3, 0.4) is 0 Å². The second-order valence-electron chi connectivity index (χ2n) is 8.53. The number of halogens is 2. The van der Waals surface area contributed by atoms with Crippen LogP contribution in [0.5, 0.6) is 0 Å². The van der Waals surface area contributed by atoms with Crippen molar-refractivity contribution in [1.29, 1.82) is 0 Å². The van der Waals surface area contributed by atoms with Crippen LogP contribution < -0.4 is 5.32 Å². The zero-order valence-electron chi connectivity index (χ0n) is 17.4. The fourth-order valence-electron chi connectivity index (χ4n) is 4.71. The van der Waals surface area contributed by atoms with Gasteiger partial charge in [0.2, 0.25) is 5.91 Å². The van der Waals surface area contributed by atoms with Gasteiger partial charge in [0.15, 0.2) is 0 Å². The molecule has 1 aliphatic carbocycles. The van der Waals surface area contributed by atoms with E-state index in [0.29, 0.717) is 18.5 Å². The molecule has 0 spiro atoms. The highest BCUT2D eigenvalue weighted by molar-refractivity contribution is 5.80. The molecule has 1 heterocycles. The van der Waals surface area contributed by atoms with Crippen molar-refractivity contribution >= 4 is 5.91 Å². The van der Waals surface area contributed by atoms with Crippen LogP contribution in [0, 0.1) is 17.6 Å². The standard InChI is InChI=1S/C24H29F2N3O/c1-28-10-12-29(13-11-28)24(30)22-15-20(27-16-18-4-2-3-5-23(18)26)14-21(22)17-6-8-19(25)9-7-17/h2-9,20-22,27H,10-16H2,1H3/t20-,21+,22-/m0/s1. The Bertz CT molecular complexity index is 865. The molecule has 0 unspecified atom stereocenters. The first-order chi connectivity index (χ1) is 14.5. The maximum atomic E-state index is 14.0. The molecule has 30 heavy (non-hydrogen) atoms. The monoisotopic (exact) mass is 413 g/mol. The Balaban J connectivity index is 1.49. The van der Waals surface area contributed by atoms with Crippen molar-refractivity contribution in [1.82, 2.24) is 15.1 Å². The van der Waals surface area contributed by atoms with E-state index in [1.54, 1.807) is 24.3 Å². The van der Waals surface area contributed by atoms with E-state index in [4.69, 9.17) is 0 Å². The number of likely N-dealkylation sites (N-methyl/N-ethyl adjacent to an activating group) is 1. The maximum absolute atomic E-state index is 14.0. The van der Waals surface area contributed by atoms with Gasteiger partial charge in [0.05, 0.1) is 0 Å². The van der Waals surface area contributed by atoms with Gasteiger partial charge in [-0.05, 0) is 49.6 Å². The number of benzene rings is 2. The van der Waals surface area contributed by atoms with Crippen LogP contribution in [0.15, 0.2) is 48.5 Å². The summed E-state index contributed by atoms with van der Waals surface area (Å²) in [6, 6.07) is 13.4. The van der Waals surface area contributed by atoms with Crippen LogP contribution in [-0.4, -0.2) is 55.0 Å². The molecule has 160 valence electrons. The number of carbonyl (C=O) groups excluding carboxylic acids is 1. The highest BCUT2D eigenvalue weighted by atomic mass is 19.1. The van der Waals surface area contributed by atoms with Crippen molar-refractivity contribution in [3.05, 3.63) is 71.3 Å². The number of piperazine rings is 1. The van der Waals surface area contributed by atoms with E-state index in [-0.39, 0.29) is 35.4 Å². The van der Waals surface area contributed by atoms with E-state index in [1.165, 1.54) is 18.2 Å². The number of nitrogens with zero attached hydrogens (tertiary/aromatic N) is 2. The van der Waals surface area contributed by atoms with Crippen molar-refractivity contribution in [2.45, 2.75) is 31.3 Å². The summed E-state index contributed by atoms with van der Waals surface area (Å²) in [6.45, 7) is 3.69. The van der Waals surface area contributed by atoms with Crippen LogP contribution in [-0.2, 0) is 11.3 Å². The lowest BCUT2D eigenvalue weighted by Gasteiger charge is -2.35. The van der Waals surface area contributed by atoms with Gasteiger partial charge < -0.3 is 15.1 Å². The molecule has 0 radical (unpaired) electrons. The molecule has 4 rings (SSSR count). The lowest BCUT2D eigenvalue weighted by Crippen LogP contribution is -2.49. The molecule has 1 saturated carbocycles. The minimum absolute atomic E-state index is 0.0378. The second kappa shape index (κ2) is 9.23. The van der Waals surface area contributed by atoms with Gasteiger partial charge in [0.1, 0.15) is 11.6 Å². The SMILES string of the molecule is CN1CCN(C(=O)[C@H]2C[C@@H](NCc3ccccc3F)C[C@@H]2c2ccc(F)cc2)CC1. The Morgan fingerprint density at radius 1 is 1.00 bits per heavy atom. The van der Waals surface area contributed by atoms with Crippen LogP contribution in [0.4, 0.5) is 8.78 Å². The number of hydrogen-bond donors (Lipinski definition) is 1. The molecule has 1 aliphatic heterocycles. The first-order valence-electron chi connectivity index (χ1n) is 10.7. The number of carbonyl (C=O) groups is 1. The van der Waals surface area contributed by atoms with Gasteiger partial charge in [-0.2, -0.15) is 0 Å². The van der Waals surface area contributed by atoms with E-state index >= 15 is 0 Å². The maximum Gasteiger partial charge on any atom is 0.226 e. The van der Waals surface area contributed by atoms with Crippen LogP contribution in [0.25, 0.3) is 0 Å². The minimum Gasteiger partial charge on any atom is -0.340 e. The van der Waals surface area contributed by atoms with Crippen molar-refractivity contribution in [3.8, 4) is 0 Å². The molecule has 2 aromatic carbocycles. The average molecular weight is 414 g/mol. The van der Waals surface area contributed by atoms with Crippen LogP contribution >= 0.6 is 0 Å². The molecular weight excluding hydrogens is 384 g/mol. The Hall–Kier alpha value is -2.31. The summed E-state index contributed by atoms with van der Waals surface area (Å²) in [5, 5.41) is 3.45. The number of amides is 1. The molecule has 0 aromatic heterocycles. The van der Waals surface area contributed by atoms with Crippen LogP contribution in [0.1, 0.15) is 29.9 Å². The molecule has 1 amide bonds. The third-order valence-corrected chi connectivity index (χ3v) is 6.53.